The third-order valence-corrected chi connectivity index (χ3v) is 5.09. The Morgan fingerprint density at radius 1 is 1.32 bits per heavy atom. The Kier molecular flexibility index (Phi) is 2.90. The van der Waals surface area contributed by atoms with Gasteiger partial charge in [0.15, 0.2) is 5.13 Å². The first-order valence-corrected chi connectivity index (χ1v) is 7.64. The zero-order valence-corrected chi connectivity index (χ0v) is 12.6. The Morgan fingerprint density at radius 3 is 2.68 bits per heavy atom. The highest BCUT2D eigenvalue weighted by Crippen LogP contribution is 2.53. The maximum Gasteiger partial charge on any atom is 0.180 e. The van der Waals surface area contributed by atoms with Gasteiger partial charge in [-0.05, 0) is 43.2 Å². The average Bonchev–Trinajstić information content (AvgIpc) is 2.75. The second-order valence-electron chi connectivity index (χ2n) is 6.09. The fourth-order valence-corrected chi connectivity index (χ4v) is 3.98. The molecule has 0 radical (unpaired) electrons. The fourth-order valence-electron chi connectivity index (χ4n) is 3.33. The third-order valence-electron chi connectivity index (χ3n) is 4.40. The van der Waals surface area contributed by atoms with Gasteiger partial charge in [0, 0.05) is 11.3 Å². The molecule has 100 valence electrons. The van der Waals surface area contributed by atoms with Crippen molar-refractivity contribution in [1.82, 2.24) is 4.98 Å². The molecule has 0 bridgehead atoms. The van der Waals surface area contributed by atoms with Crippen LogP contribution in [0.1, 0.15) is 48.1 Å². The molecule has 1 heterocycles. The number of nitrogen functional groups attached to an aromatic ring is 1. The summed E-state index contributed by atoms with van der Waals surface area (Å²) >= 11 is 1.55. The molecule has 2 aromatic rings. The van der Waals surface area contributed by atoms with Gasteiger partial charge in [-0.25, -0.2) is 4.98 Å². The molecular weight excluding hydrogens is 252 g/mol. The smallest absolute Gasteiger partial charge is 0.180 e. The van der Waals surface area contributed by atoms with Crippen LogP contribution in [-0.2, 0) is 5.41 Å². The van der Waals surface area contributed by atoms with Gasteiger partial charge in [0.2, 0.25) is 0 Å². The average molecular weight is 272 g/mol. The number of aromatic nitrogens is 1. The van der Waals surface area contributed by atoms with Gasteiger partial charge in [0.25, 0.3) is 0 Å². The van der Waals surface area contributed by atoms with Crippen molar-refractivity contribution in [3.63, 3.8) is 0 Å². The molecule has 1 fully saturated rings. The lowest BCUT2D eigenvalue weighted by atomic mass is 9.58. The minimum Gasteiger partial charge on any atom is -0.375 e. The van der Waals surface area contributed by atoms with Crippen LogP contribution in [0.2, 0.25) is 0 Å². The highest BCUT2D eigenvalue weighted by atomic mass is 32.1. The molecule has 0 amide bonds. The maximum absolute atomic E-state index is 5.73. The Hall–Kier alpha value is -1.35. The van der Waals surface area contributed by atoms with Gasteiger partial charge in [-0.1, -0.05) is 30.7 Å². The first-order chi connectivity index (χ1) is 8.98. The quantitative estimate of drug-likeness (QED) is 0.890. The highest BCUT2D eigenvalue weighted by Gasteiger charge is 2.43. The van der Waals surface area contributed by atoms with Crippen LogP contribution in [0.4, 0.5) is 5.13 Å². The number of rotatable bonds is 2. The molecule has 3 rings (SSSR count). The molecule has 1 aromatic heterocycles. The van der Waals surface area contributed by atoms with Crippen molar-refractivity contribution in [3.8, 4) is 0 Å². The molecule has 0 spiro atoms. The Bertz CT molecular complexity index is 609. The summed E-state index contributed by atoms with van der Waals surface area (Å²) in [5, 5.41) is 2.80. The number of benzene rings is 1. The van der Waals surface area contributed by atoms with E-state index in [1.165, 1.54) is 35.2 Å². The number of thiazole rings is 1. The lowest BCUT2D eigenvalue weighted by molar-refractivity contribution is 0.221. The number of aryl methyl sites for hydroxylation is 2. The van der Waals surface area contributed by atoms with Gasteiger partial charge in [-0.2, -0.15) is 0 Å². The van der Waals surface area contributed by atoms with Crippen molar-refractivity contribution in [2.45, 2.75) is 44.9 Å². The second-order valence-corrected chi connectivity index (χ2v) is 6.98. The van der Waals surface area contributed by atoms with E-state index in [1.807, 2.05) is 0 Å². The summed E-state index contributed by atoms with van der Waals surface area (Å²) in [4.78, 5) is 4.43. The molecule has 19 heavy (non-hydrogen) atoms. The normalized spacial score (nSPS) is 26.2. The van der Waals surface area contributed by atoms with Crippen LogP contribution in [-0.4, -0.2) is 4.98 Å². The van der Waals surface area contributed by atoms with Crippen LogP contribution in [0.5, 0.6) is 0 Å². The number of nitrogens with zero attached hydrogens (tertiary/aromatic N) is 1. The van der Waals surface area contributed by atoms with E-state index in [-0.39, 0.29) is 0 Å². The summed E-state index contributed by atoms with van der Waals surface area (Å²) in [6.45, 7) is 6.76. The van der Waals surface area contributed by atoms with E-state index >= 15 is 0 Å². The number of anilines is 1. The van der Waals surface area contributed by atoms with Gasteiger partial charge >= 0.3 is 0 Å². The predicted octanol–water partition coefficient (Wildman–Crippen LogP) is 4.18. The maximum atomic E-state index is 5.73. The first kappa shape index (κ1) is 12.7. The van der Waals surface area contributed by atoms with E-state index in [0.717, 1.165) is 0 Å². The van der Waals surface area contributed by atoms with Gasteiger partial charge in [-0.15, -0.1) is 11.3 Å². The lowest BCUT2D eigenvalue weighted by Gasteiger charge is -2.46. The topological polar surface area (TPSA) is 38.9 Å². The van der Waals surface area contributed by atoms with Crippen LogP contribution in [0.15, 0.2) is 23.6 Å². The van der Waals surface area contributed by atoms with Crippen LogP contribution in [0.3, 0.4) is 0 Å². The molecule has 1 aliphatic carbocycles. The Morgan fingerprint density at radius 2 is 2.05 bits per heavy atom. The van der Waals surface area contributed by atoms with E-state index in [1.54, 1.807) is 11.3 Å². The molecule has 0 aliphatic heterocycles. The predicted molar refractivity (Wildman–Crippen MR) is 81.8 cm³/mol. The lowest BCUT2D eigenvalue weighted by Crippen LogP contribution is -2.37. The van der Waals surface area contributed by atoms with Crippen LogP contribution in [0.25, 0.3) is 0 Å². The molecule has 2 N–H and O–H groups in total. The highest BCUT2D eigenvalue weighted by molar-refractivity contribution is 7.13. The van der Waals surface area contributed by atoms with Gasteiger partial charge in [-0.3, -0.25) is 0 Å². The molecule has 1 aliphatic rings. The van der Waals surface area contributed by atoms with E-state index in [0.29, 0.717) is 16.5 Å². The summed E-state index contributed by atoms with van der Waals surface area (Å²) in [7, 11) is 0. The van der Waals surface area contributed by atoms with Crippen molar-refractivity contribution in [2.24, 2.45) is 0 Å². The summed E-state index contributed by atoms with van der Waals surface area (Å²) in [5.74, 6) is 0.582. The zero-order chi connectivity index (χ0) is 13.6. The second kappa shape index (κ2) is 4.34. The molecule has 0 unspecified atom stereocenters. The SMILES string of the molecule is Cc1ccc(C)c(C2(C)CC(c3csc(N)n3)C2)c1. The molecule has 3 heteroatoms. The van der Waals surface area contributed by atoms with Crippen LogP contribution < -0.4 is 5.73 Å². The standard InChI is InChI=1S/C16H20N2S/c1-10-4-5-11(2)13(6-10)16(3)7-12(8-16)14-9-19-15(17)18-14/h4-6,9,12H,7-8H2,1-3H3,(H2,17,18). The summed E-state index contributed by atoms with van der Waals surface area (Å²) in [6.07, 6.45) is 2.36. The minimum absolute atomic E-state index is 0.305. The van der Waals surface area contributed by atoms with E-state index in [2.05, 4.69) is 49.3 Å². The number of hydrogen-bond donors (Lipinski definition) is 1. The van der Waals surface area contributed by atoms with Crippen LogP contribution >= 0.6 is 11.3 Å². The molecule has 0 saturated heterocycles. The summed E-state index contributed by atoms with van der Waals surface area (Å²) < 4.78 is 0. The number of nitrogens with two attached hydrogens (primary N) is 1. The van der Waals surface area contributed by atoms with E-state index in [9.17, 15) is 0 Å². The van der Waals surface area contributed by atoms with Crippen molar-refractivity contribution < 1.29 is 0 Å². The summed E-state index contributed by atoms with van der Waals surface area (Å²) in [5.41, 5.74) is 11.5. The van der Waals surface area contributed by atoms with E-state index in [4.69, 9.17) is 5.73 Å². The van der Waals surface area contributed by atoms with Crippen molar-refractivity contribution in [3.05, 3.63) is 46.0 Å². The third kappa shape index (κ3) is 2.16. The molecule has 1 saturated carbocycles. The first-order valence-electron chi connectivity index (χ1n) is 6.76. The molecule has 2 nitrogen and oxygen atoms in total. The minimum atomic E-state index is 0.305. The zero-order valence-electron chi connectivity index (χ0n) is 11.7. The van der Waals surface area contributed by atoms with Gasteiger partial charge in [0.1, 0.15) is 0 Å². The largest absolute Gasteiger partial charge is 0.375 e. The number of hydrogen-bond acceptors (Lipinski definition) is 3. The van der Waals surface area contributed by atoms with Gasteiger partial charge in [0.05, 0.1) is 5.69 Å². The van der Waals surface area contributed by atoms with E-state index < -0.39 is 0 Å². The Labute approximate surface area is 118 Å². The molecular formula is C16H20N2S. The Balaban J connectivity index is 1.82. The van der Waals surface area contributed by atoms with Crippen molar-refractivity contribution in [1.29, 1.82) is 0 Å². The molecule has 0 atom stereocenters. The van der Waals surface area contributed by atoms with Gasteiger partial charge < -0.3 is 5.73 Å². The van der Waals surface area contributed by atoms with Crippen molar-refractivity contribution in [2.75, 3.05) is 5.73 Å². The van der Waals surface area contributed by atoms with Crippen LogP contribution in [0, 0.1) is 13.8 Å². The summed E-state index contributed by atoms with van der Waals surface area (Å²) in [6, 6.07) is 6.78. The fraction of sp³-hybridized carbons (Fsp3) is 0.438. The monoisotopic (exact) mass is 272 g/mol. The van der Waals surface area contributed by atoms with Crippen molar-refractivity contribution >= 4 is 16.5 Å². The molecule has 1 aromatic carbocycles.